The first-order valence-corrected chi connectivity index (χ1v) is 12.4. The molecule has 32 heavy (non-hydrogen) atoms. The number of amides is 1. The Morgan fingerprint density at radius 1 is 1.16 bits per heavy atom. The average Bonchev–Trinajstić information content (AvgIpc) is 3.25. The maximum absolute atomic E-state index is 13.3. The molecule has 0 aliphatic rings. The first kappa shape index (κ1) is 22.6. The number of hydrogen-bond acceptors (Lipinski definition) is 5. The van der Waals surface area contributed by atoms with Crippen LogP contribution in [0.5, 0.6) is 0 Å². The fourth-order valence-corrected chi connectivity index (χ4v) is 5.06. The highest BCUT2D eigenvalue weighted by Crippen LogP contribution is 2.25. The van der Waals surface area contributed by atoms with E-state index in [9.17, 15) is 9.59 Å². The van der Waals surface area contributed by atoms with Gasteiger partial charge in [0.05, 0.1) is 17.0 Å². The van der Waals surface area contributed by atoms with Crippen LogP contribution in [0.25, 0.3) is 15.9 Å². The Bertz CT molecular complexity index is 1330. The van der Waals surface area contributed by atoms with E-state index in [1.807, 2.05) is 67.8 Å². The highest BCUT2D eigenvalue weighted by molar-refractivity contribution is 7.99. The molecule has 0 fully saturated rings. The van der Waals surface area contributed by atoms with Crippen molar-refractivity contribution in [3.8, 4) is 5.69 Å². The highest BCUT2D eigenvalue weighted by atomic mass is 35.5. The molecule has 4 aromatic rings. The summed E-state index contributed by atoms with van der Waals surface area (Å²) in [6.45, 7) is 4.49. The molecule has 0 saturated carbocycles. The fourth-order valence-electron chi connectivity index (χ4n) is 3.34. The molecule has 0 spiro atoms. The zero-order chi connectivity index (χ0) is 22.7. The summed E-state index contributed by atoms with van der Waals surface area (Å²) in [5, 5.41) is 6.01. The van der Waals surface area contributed by atoms with E-state index in [2.05, 4.69) is 5.32 Å². The molecule has 0 aliphatic carbocycles. The summed E-state index contributed by atoms with van der Waals surface area (Å²) in [4.78, 5) is 30.4. The van der Waals surface area contributed by atoms with Gasteiger partial charge in [0.15, 0.2) is 5.16 Å². The number of aromatic nitrogens is 2. The monoisotopic (exact) mass is 483 g/mol. The van der Waals surface area contributed by atoms with Gasteiger partial charge >= 0.3 is 0 Å². The molecule has 0 aliphatic heterocycles. The molecule has 1 N–H and O–H groups in total. The number of halogens is 1. The van der Waals surface area contributed by atoms with Crippen LogP contribution < -0.4 is 10.9 Å². The van der Waals surface area contributed by atoms with Gasteiger partial charge < -0.3 is 5.32 Å². The number of benzene rings is 2. The molecule has 0 atom stereocenters. The molecule has 0 saturated heterocycles. The van der Waals surface area contributed by atoms with Crippen molar-refractivity contribution < 1.29 is 4.79 Å². The predicted molar refractivity (Wildman–Crippen MR) is 134 cm³/mol. The number of nitrogens with one attached hydrogen (secondary N) is 1. The zero-order valence-corrected chi connectivity index (χ0v) is 20.1. The van der Waals surface area contributed by atoms with Crippen LogP contribution >= 0.6 is 34.7 Å². The van der Waals surface area contributed by atoms with Crippen molar-refractivity contribution in [3.05, 3.63) is 86.0 Å². The van der Waals surface area contributed by atoms with Crippen LogP contribution in [0.1, 0.15) is 16.7 Å². The summed E-state index contributed by atoms with van der Waals surface area (Å²) in [6, 6.07) is 15.4. The van der Waals surface area contributed by atoms with Gasteiger partial charge in [-0.3, -0.25) is 14.2 Å². The van der Waals surface area contributed by atoms with E-state index in [-0.39, 0.29) is 17.2 Å². The third kappa shape index (κ3) is 5.06. The van der Waals surface area contributed by atoms with Crippen molar-refractivity contribution in [3.63, 3.8) is 0 Å². The summed E-state index contributed by atoms with van der Waals surface area (Å²) in [7, 11) is 0. The first-order chi connectivity index (χ1) is 15.4. The predicted octanol–water partition coefficient (Wildman–Crippen LogP) is 5.17. The topological polar surface area (TPSA) is 64.0 Å². The van der Waals surface area contributed by atoms with Crippen LogP contribution in [-0.4, -0.2) is 27.8 Å². The smallest absolute Gasteiger partial charge is 0.276 e. The molecule has 2 aromatic heterocycles. The second-order valence-electron chi connectivity index (χ2n) is 7.47. The van der Waals surface area contributed by atoms with Gasteiger partial charge in [0, 0.05) is 11.6 Å². The van der Waals surface area contributed by atoms with Gasteiger partial charge in [-0.2, -0.15) is 0 Å². The van der Waals surface area contributed by atoms with Gasteiger partial charge in [-0.15, -0.1) is 11.3 Å². The summed E-state index contributed by atoms with van der Waals surface area (Å²) >= 11 is 8.56. The van der Waals surface area contributed by atoms with Gasteiger partial charge in [-0.25, -0.2) is 4.98 Å². The molecule has 164 valence electrons. The molecule has 2 heterocycles. The third-order valence-corrected chi connectivity index (χ3v) is 7.12. The summed E-state index contributed by atoms with van der Waals surface area (Å²) in [5.74, 6) is 0.0734. The number of fused-ring (bicyclic) bond motifs is 1. The SMILES string of the molecule is Cc1ccc(C)c(-n2c(SCC(=O)NCCc3ccc(Cl)cc3)nc3ccsc3c2=O)c1. The molecule has 5 nitrogen and oxygen atoms in total. The number of thioether (sulfide) groups is 1. The minimum absolute atomic E-state index is 0.101. The van der Waals surface area contributed by atoms with E-state index in [1.165, 1.54) is 23.1 Å². The first-order valence-electron chi connectivity index (χ1n) is 10.1. The number of aryl methyl sites for hydroxylation is 2. The van der Waals surface area contributed by atoms with Gasteiger partial charge in [0.1, 0.15) is 4.70 Å². The van der Waals surface area contributed by atoms with Crippen LogP contribution in [0.2, 0.25) is 5.02 Å². The van der Waals surface area contributed by atoms with Gasteiger partial charge in [-0.1, -0.05) is 47.6 Å². The lowest BCUT2D eigenvalue weighted by molar-refractivity contribution is -0.118. The lowest BCUT2D eigenvalue weighted by Crippen LogP contribution is -2.28. The number of hydrogen-bond donors (Lipinski definition) is 1. The number of carbonyl (C=O) groups excluding carboxylic acids is 1. The van der Waals surface area contributed by atoms with E-state index in [0.717, 1.165) is 28.8 Å². The Kier molecular flexibility index (Phi) is 6.98. The van der Waals surface area contributed by atoms with E-state index in [4.69, 9.17) is 16.6 Å². The minimum atomic E-state index is -0.107. The maximum Gasteiger partial charge on any atom is 0.276 e. The van der Waals surface area contributed by atoms with Crippen molar-refractivity contribution in [1.82, 2.24) is 14.9 Å². The number of carbonyl (C=O) groups is 1. The van der Waals surface area contributed by atoms with Crippen LogP contribution in [0, 0.1) is 13.8 Å². The van der Waals surface area contributed by atoms with Crippen LogP contribution in [-0.2, 0) is 11.2 Å². The van der Waals surface area contributed by atoms with Crippen molar-refractivity contribution in [1.29, 1.82) is 0 Å². The quantitative estimate of drug-likeness (QED) is 0.291. The molecular weight excluding hydrogens is 462 g/mol. The molecule has 0 radical (unpaired) electrons. The second-order valence-corrected chi connectivity index (χ2v) is 9.77. The van der Waals surface area contributed by atoms with Crippen molar-refractivity contribution in [2.24, 2.45) is 0 Å². The second kappa shape index (κ2) is 9.90. The minimum Gasteiger partial charge on any atom is -0.355 e. The van der Waals surface area contributed by atoms with Crippen LogP contribution in [0.4, 0.5) is 0 Å². The van der Waals surface area contributed by atoms with Crippen molar-refractivity contribution >= 4 is 50.8 Å². The molecule has 0 bridgehead atoms. The van der Waals surface area contributed by atoms with Gasteiger partial charge in [0.25, 0.3) is 5.56 Å². The fraction of sp³-hybridized carbons (Fsp3) is 0.208. The Morgan fingerprint density at radius 2 is 1.94 bits per heavy atom. The number of rotatable bonds is 7. The van der Waals surface area contributed by atoms with Crippen LogP contribution in [0.15, 0.2) is 63.9 Å². The average molecular weight is 484 g/mol. The summed E-state index contributed by atoms with van der Waals surface area (Å²) < 4.78 is 2.25. The number of thiophene rings is 1. The molecule has 8 heteroatoms. The van der Waals surface area contributed by atoms with E-state index >= 15 is 0 Å². The largest absolute Gasteiger partial charge is 0.355 e. The Morgan fingerprint density at radius 3 is 2.72 bits per heavy atom. The highest BCUT2D eigenvalue weighted by Gasteiger charge is 2.17. The standard InChI is InChI=1S/C24H22ClN3O2S2/c1-15-3-4-16(2)20(13-15)28-23(30)22-19(10-12-31-22)27-24(28)32-14-21(29)26-11-9-17-5-7-18(25)8-6-17/h3-8,10,12-13H,9,11,14H2,1-2H3,(H,26,29). The third-order valence-electron chi connectivity index (χ3n) is 5.04. The molecule has 2 aromatic carbocycles. The summed E-state index contributed by atoms with van der Waals surface area (Å²) in [6.07, 6.45) is 0.722. The van der Waals surface area contributed by atoms with E-state index < -0.39 is 0 Å². The lowest BCUT2D eigenvalue weighted by Gasteiger charge is -2.15. The van der Waals surface area contributed by atoms with Gasteiger partial charge in [0.2, 0.25) is 5.91 Å². The molecule has 4 rings (SSSR count). The van der Waals surface area contributed by atoms with E-state index in [1.54, 1.807) is 4.57 Å². The van der Waals surface area contributed by atoms with Crippen LogP contribution in [0.3, 0.4) is 0 Å². The van der Waals surface area contributed by atoms with E-state index in [0.29, 0.717) is 26.9 Å². The van der Waals surface area contributed by atoms with Crippen molar-refractivity contribution in [2.45, 2.75) is 25.4 Å². The maximum atomic E-state index is 13.3. The number of nitrogens with zero attached hydrogens (tertiary/aromatic N) is 2. The molecule has 0 unspecified atom stereocenters. The zero-order valence-electron chi connectivity index (χ0n) is 17.7. The normalized spacial score (nSPS) is 11.1. The van der Waals surface area contributed by atoms with Crippen molar-refractivity contribution in [2.75, 3.05) is 12.3 Å². The summed E-state index contributed by atoms with van der Waals surface area (Å²) in [5.41, 5.74) is 4.49. The Hall–Kier alpha value is -2.61. The Balaban J connectivity index is 1.52. The Labute approximate surface area is 199 Å². The van der Waals surface area contributed by atoms with Gasteiger partial charge in [-0.05, 0) is 66.6 Å². The molecule has 1 amide bonds. The lowest BCUT2D eigenvalue weighted by atomic mass is 10.1. The molecular formula is C24H22ClN3O2S2.